The topological polar surface area (TPSA) is 56.7 Å². The highest BCUT2D eigenvalue weighted by Crippen LogP contribution is 2.37. The maximum absolute atomic E-state index is 10.7. The molecule has 0 saturated heterocycles. The zero-order chi connectivity index (χ0) is 14.0. The summed E-state index contributed by atoms with van der Waals surface area (Å²) in [5.74, 6) is -0.830. The molecule has 19 heavy (non-hydrogen) atoms. The Morgan fingerprint density at radius 1 is 1.47 bits per heavy atom. The molecule has 1 saturated carbocycles. The second kappa shape index (κ2) is 5.46. The number of nitrogens with zero attached hydrogens (tertiary/aromatic N) is 3. The fourth-order valence-electron chi connectivity index (χ4n) is 2.55. The Balaban J connectivity index is 2.01. The van der Waals surface area contributed by atoms with E-state index in [1.54, 1.807) is 0 Å². The van der Waals surface area contributed by atoms with Crippen LogP contribution >= 0.6 is 11.3 Å². The molecule has 0 radical (unpaired) electrons. The van der Waals surface area contributed by atoms with Crippen molar-refractivity contribution >= 4 is 22.4 Å². The minimum Gasteiger partial charge on any atom is -0.481 e. The van der Waals surface area contributed by atoms with Crippen molar-refractivity contribution in [3.8, 4) is 0 Å². The van der Waals surface area contributed by atoms with Crippen molar-refractivity contribution < 1.29 is 9.90 Å². The van der Waals surface area contributed by atoms with Gasteiger partial charge in [-0.2, -0.15) is 0 Å². The van der Waals surface area contributed by atoms with Gasteiger partial charge in [0.25, 0.3) is 0 Å². The maximum Gasteiger partial charge on any atom is 0.309 e. The zero-order valence-electron chi connectivity index (χ0n) is 11.7. The molecular weight excluding hydrogens is 262 g/mol. The quantitative estimate of drug-likeness (QED) is 0.861. The van der Waals surface area contributed by atoms with Crippen molar-refractivity contribution in [2.45, 2.75) is 31.2 Å². The van der Waals surface area contributed by atoms with Crippen LogP contribution < -0.4 is 4.90 Å². The molecule has 106 valence electrons. The Morgan fingerprint density at radius 2 is 2.16 bits per heavy atom. The number of rotatable bonds is 6. The van der Waals surface area contributed by atoms with Crippen molar-refractivity contribution in [2.75, 3.05) is 32.6 Å². The van der Waals surface area contributed by atoms with Gasteiger partial charge in [0.2, 0.25) is 0 Å². The monoisotopic (exact) mass is 283 g/mol. The van der Waals surface area contributed by atoms with Crippen LogP contribution in [0, 0.1) is 0 Å². The van der Waals surface area contributed by atoms with E-state index in [9.17, 15) is 4.79 Å². The third kappa shape index (κ3) is 3.06. The second-order valence-corrected chi connectivity index (χ2v) is 6.36. The maximum atomic E-state index is 10.7. The molecule has 1 aromatic heterocycles. The molecular formula is C13H21N3O2S. The van der Waals surface area contributed by atoms with Crippen LogP contribution in [-0.4, -0.2) is 54.2 Å². The number of hydrogen-bond acceptors (Lipinski definition) is 5. The standard InChI is InChI=1S/C13H21N3O2S/c1-15(2)13(5-4-6-13)9-16(3)12-14-10(8-19-12)7-11(17)18/h8H,4-7,9H2,1-3H3,(H,17,18). The third-order valence-corrected chi connectivity index (χ3v) is 4.97. The average molecular weight is 283 g/mol. The van der Waals surface area contributed by atoms with Crippen molar-refractivity contribution in [1.29, 1.82) is 0 Å². The molecule has 6 heteroatoms. The van der Waals surface area contributed by atoms with Gasteiger partial charge in [0, 0.05) is 24.5 Å². The van der Waals surface area contributed by atoms with E-state index in [-0.39, 0.29) is 12.0 Å². The summed E-state index contributed by atoms with van der Waals surface area (Å²) in [7, 11) is 6.29. The van der Waals surface area contributed by atoms with E-state index in [4.69, 9.17) is 5.11 Å². The van der Waals surface area contributed by atoms with Gasteiger partial charge >= 0.3 is 5.97 Å². The number of thiazole rings is 1. The van der Waals surface area contributed by atoms with E-state index in [0.29, 0.717) is 5.69 Å². The summed E-state index contributed by atoms with van der Waals surface area (Å²) in [4.78, 5) is 19.5. The van der Waals surface area contributed by atoms with Gasteiger partial charge < -0.3 is 14.9 Å². The molecule has 1 heterocycles. The number of hydrogen-bond donors (Lipinski definition) is 1. The van der Waals surface area contributed by atoms with Crippen LogP contribution in [0.15, 0.2) is 5.38 Å². The zero-order valence-corrected chi connectivity index (χ0v) is 12.5. The number of carboxylic acids is 1. The molecule has 1 aliphatic carbocycles. The highest BCUT2D eigenvalue weighted by molar-refractivity contribution is 7.13. The van der Waals surface area contributed by atoms with Gasteiger partial charge in [0.05, 0.1) is 12.1 Å². The van der Waals surface area contributed by atoms with Crippen molar-refractivity contribution in [1.82, 2.24) is 9.88 Å². The lowest BCUT2D eigenvalue weighted by molar-refractivity contribution is -0.136. The molecule has 1 N–H and O–H groups in total. The SMILES string of the molecule is CN(CC1(N(C)C)CCC1)c1nc(CC(=O)O)cs1. The molecule has 0 atom stereocenters. The predicted octanol–water partition coefficient (Wildman–Crippen LogP) is 1.69. The van der Waals surface area contributed by atoms with Gasteiger partial charge in [-0.25, -0.2) is 4.98 Å². The van der Waals surface area contributed by atoms with E-state index in [0.717, 1.165) is 11.7 Å². The van der Waals surface area contributed by atoms with E-state index < -0.39 is 5.97 Å². The smallest absolute Gasteiger partial charge is 0.309 e. The van der Waals surface area contributed by atoms with Crippen molar-refractivity contribution in [2.24, 2.45) is 0 Å². The summed E-state index contributed by atoms with van der Waals surface area (Å²) >= 11 is 1.52. The summed E-state index contributed by atoms with van der Waals surface area (Å²) in [5, 5.41) is 11.5. The van der Waals surface area contributed by atoms with Crippen LogP contribution in [-0.2, 0) is 11.2 Å². The summed E-state index contributed by atoms with van der Waals surface area (Å²) in [6, 6.07) is 0. The molecule has 5 nitrogen and oxygen atoms in total. The minimum atomic E-state index is -0.830. The summed E-state index contributed by atoms with van der Waals surface area (Å²) in [5.41, 5.74) is 0.903. The van der Waals surface area contributed by atoms with Crippen LogP contribution in [0.25, 0.3) is 0 Å². The van der Waals surface area contributed by atoms with Crippen LogP contribution in [0.2, 0.25) is 0 Å². The number of likely N-dealkylation sites (N-methyl/N-ethyl adjacent to an activating group) is 2. The summed E-state index contributed by atoms with van der Waals surface area (Å²) < 4.78 is 0. The first-order chi connectivity index (χ1) is 8.93. The molecule has 1 fully saturated rings. The molecule has 0 aliphatic heterocycles. The predicted molar refractivity (Wildman–Crippen MR) is 77.0 cm³/mol. The van der Waals surface area contributed by atoms with Gasteiger partial charge in [0.1, 0.15) is 0 Å². The van der Waals surface area contributed by atoms with Crippen molar-refractivity contribution in [3.05, 3.63) is 11.1 Å². The number of aromatic nitrogens is 1. The van der Waals surface area contributed by atoms with Gasteiger partial charge in [0.15, 0.2) is 5.13 Å². The molecule has 0 bridgehead atoms. The molecule has 1 aliphatic rings. The van der Waals surface area contributed by atoms with Gasteiger partial charge in [-0.1, -0.05) is 0 Å². The first-order valence-corrected chi connectivity index (χ1v) is 7.36. The minimum absolute atomic E-state index is 0.00314. The van der Waals surface area contributed by atoms with Crippen LogP contribution in [0.4, 0.5) is 5.13 Å². The Bertz CT molecular complexity index is 454. The van der Waals surface area contributed by atoms with Crippen LogP contribution in [0.5, 0.6) is 0 Å². The third-order valence-electron chi connectivity index (χ3n) is 3.96. The highest BCUT2D eigenvalue weighted by Gasteiger charge is 2.40. The first-order valence-electron chi connectivity index (χ1n) is 6.48. The van der Waals surface area contributed by atoms with Crippen LogP contribution in [0.1, 0.15) is 25.0 Å². The molecule has 2 rings (SSSR count). The Hall–Kier alpha value is -1.14. The number of anilines is 1. The lowest BCUT2D eigenvalue weighted by Crippen LogP contribution is -2.56. The van der Waals surface area contributed by atoms with Crippen molar-refractivity contribution in [3.63, 3.8) is 0 Å². The highest BCUT2D eigenvalue weighted by atomic mass is 32.1. The fraction of sp³-hybridized carbons (Fsp3) is 0.692. The lowest BCUT2D eigenvalue weighted by atomic mass is 9.75. The summed E-state index contributed by atoms with van der Waals surface area (Å²) in [6.07, 6.45) is 3.73. The number of carboxylic acid groups (broad SMARTS) is 1. The number of aliphatic carboxylic acids is 1. The first kappa shape index (κ1) is 14.3. The Morgan fingerprint density at radius 3 is 2.63 bits per heavy atom. The average Bonchev–Trinajstić information content (AvgIpc) is 2.70. The van der Waals surface area contributed by atoms with E-state index in [2.05, 4.69) is 28.9 Å². The Kier molecular flexibility index (Phi) is 4.10. The largest absolute Gasteiger partial charge is 0.481 e. The van der Waals surface area contributed by atoms with E-state index in [1.807, 2.05) is 12.4 Å². The van der Waals surface area contributed by atoms with Gasteiger partial charge in [-0.15, -0.1) is 11.3 Å². The Labute approximate surface area is 117 Å². The van der Waals surface area contributed by atoms with Crippen LogP contribution in [0.3, 0.4) is 0 Å². The van der Waals surface area contributed by atoms with E-state index >= 15 is 0 Å². The molecule has 1 aromatic rings. The molecule has 0 amide bonds. The normalized spacial score (nSPS) is 17.3. The fourth-order valence-corrected chi connectivity index (χ4v) is 3.34. The lowest BCUT2D eigenvalue weighted by Gasteiger charge is -2.49. The van der Waals surface area contributed by atoms with E-state index in [1.165, 1.54) is 30.6 Å². The molecule has 0 unspecified atom stereocenters. The van der Waals surface area contributed by atoms with Gasteiger partial charge in [-0.3, -0.25) is 4.79 Å². The number of carbonyl (C=O) groups is 1. The molecule has 0 aromatic carbocycles. The second-order valence-electron chi connectivity index (χ2n) is 5.52. The molecule has 0 spiro atoms. The van der Waals surface area contributed by atoms with Gasteiger partial charge in [-0.05, 0) is 33.4 Å². The summed E-state index contributed by atoms with van der Waals surface area (Å²) in [6.45, 7) is 0.944.